The van der Waals surface area contributed by atoms with E-state index in [0.717, 1.165) is 0 Å². The number of ether oxygens (including phenoxy) is 3. The standard InChI is InChI=1S/C10H19NO5/c1-6-15-7(8(12)14-5)11-9(13)16-10(2,3)4/h7H,6H2,1-5H3,(H,11,13). The number of alkyl carbamates (subject to hydrolysis) is 1. The summed E-state index contributed by atoms with van der Waals surface area (Å²) >= 11 is 0. The van der Waals surface area contributed by atoms with Crippen LogP contribution in [0.5, 0.6) is 0 Å². The molecule has 6 nitrogen and oxygen atoms in total. The summed E-state index contributed by atoms with van der Waals surface area (Å²) < 4.78 is 14.4. The van der Waals surface area contributed by atoms with Crippen LogP contribution in [0.2, 0.25) is 0 Å². The van der Waals surface area contributed by atoms with Gasteiger partial charge >= 0.3 is 12.1 Å². The van der Waals surface area contributed by atoms with Crippen LogP contribution >= 0.6 is 0 Å². The van der Waals surface area contributed by atoms with Crippen LogP contribution in [0.25, 0.3) is 0 Å². The molecule has 1 atom stereocenters. The molecule has 1 N–H and O–H groups in total. The number of esters is 1. The molecule has 1 amide bonds. The fourth-order valence-electron chi connectivity index (χ4n) is 0.857. The van der Waals surface area contributed by atoms with Crippen molar-refractivity contribution in [2.45, 2.75) is 39.5 Å². The Hall–Kier alpha value is -1.30. The van der Waals surface area contributed by atoms with Gasteiger partial charge in [0.15, 0.2) is 0 Å². The van der Waals surface area contributed by atoms with E-state index in [0.29, 0.717) is 0 Å². The molecule has 6 heteroatoms. The lowest BCUT2D eigenvalue weighted by atomic mass is 10.2. The topological polar surface area (TPSA) is 73.9 Å². The fraction of sp³-hybridized carbons (Fsp3) is 0.800. The lowest BCUT2D eigenvalue weighted by Crippen LogP contribution is -2.45. The number of carbonyl (C=O) groups is 2. The van der Waals surface area contributed by atoms with Crippen LogP contribution in [-0.4, -0.2) is 37.6 Å². The summed E-state index contributed by atoms with van der Waals surface area (Å²) in [6.45, 7) is 7.14. The van der Waals surface area contributed by atoms with Crippen molar-refractivity contribution >= 4 is 12.1 Å². The minimum Gasteiger partial charge on any atom is -0.466 e. The molecule has 0 saturated carbocycles. The molecule has 1 unspecified atom stereocenters. The van der Waals surface area contributed by atoms with Gasteiger partial charge in [0, 0.05) is 6.61 Å². The minimum atomic E-state index is -1.13. The number of hydrogen-bond donors (Lipinski definition) is 1. The average molecular weight is 233 g/mol. The van der Waals surface area contributed by atoms with E-state index >= 15 is 0 Å². The Morgan fingerprint density at radius 2 is 1.88 bits per heavy atom. The molecule has 94 valence electrons. The Labute approximate surface area is 95.2 Å². The van der Waals surface area contributed by atoms with Gasteiger partial charge in [0.25, 0.3) is 0 Å². The zero-order valence-corrected chi connectivity index (χ0v) is 10.3. The predicted molar refractivity (Wildman–Crippen MR) is 56.8 cm³/mol. The van der Waals surface area contributed by atoms with Crippen molar-refractivity contribution in [2.75, 3.05) is 13.7 Å². The third-order valence-electron chi connectivity index (χ3n) is 1.40. The van der Waals surface area contributed by atoms with Crippen LogP contribution in [0.4, 0.5) is 4.79 Å². The average Bonchev–Trinajstić information content (AvgIpc) is 2.13. The van der Waals surface area contributed by atoms with E-state index < -0.39 is 23.9 Å². The van der Waals surface area contributed by atoms with E-state index in [1.54, 1.807) is 27.7 Å². The van der Waals surface area contributed by atoms with Gasteiger partial charge in [-0.2, -0.15) is 0 Å². The van der Waals surface area contributed by atoms with Gasteiger partial charge in [-0.25, -0.2) is 9.59 Å². The highest BCUT2D eigenvalue weighted by Crippen LogP contribution is 2.07. The van der Waals surface area contributed by atoms with Gasteiger partial charge in [0.05, 0.1) is 7.11 Å². The third kappa shape index (κ3) is 6.23. The lowest BCUT2D eigenvalue weighted by Gasteiger charge is -2.22. The molecule has 0 spiro atoms. The first-order valence-electron chi connectivity index (χ1n) is 4.99. The highest BCUT2D eigenvalue weighted by Gasteiger charge is 2.24. The van der Waals surface area contributed by atoms with Crippen LogP contribution in [0, 0.1) is 0 Å². The number of nitrogens with one attached hydrogen (secondary N) is 1. The predicted octanol–water partition coefficient (Wildman–Crippen LogP) is 1.05. The molecule has 0 radical (unpaired) electrons. The second-order valence-corrected chi connectivity index (χ2v) is 4.00. The van der Waals surface area contributed by atoms with Crippen LogP contribution in [0.15, 0.2) is 0 Å². The van der Waals surface area contributed by atoms with E-state index in [1.165, 1.54) is 7.11 Å². The van der Waals surface area contributed by atoms with E-state index in [-0.39, 0.29) is 6.61 Å². The molecule has 0 aliphatic carbocycles. The first-order chi connectivity index (χ1) is 7.30. The summed E-state index contributed by atoms with van der Waals surface area (Å²) in [5.41, 5.74) is -0.628. The van der Waals surface area contributed by atoms with Crippen molar-refractivity contribution in [1.29, 1.82) is 0 Å². The molecular formula is C10H19NO5. The summed E-state index contributed by atoms with van der Waals surface area (Å²) in [4.78, 5) is 22.5. The molecule has 0 aromatic rings. The maximum atomic E-state index is 11.3. The quantitative estimate of drug-likeness (QED) is 0.580. The smallest absolute Gasteiger partial charge is 0.410 e. The number of hydrogen-bond acceptors (Lipinski definition) is 5. The molecule has 0 bridgehead atoms. The molecule has 0 aliphatic heterocycles. The molecule has 0 aromatic carbocycles. The Balaban J connectivity index is 4.29. The van der Waals surface area contributed by atoms with E-state index in [1.807, 2.05) is 0 Å². The largest absolute Gasteiger partial charge is 0.466 e. The Morgan fingerprint density at radius 3 is 2.25 bits per heavy atom. The van der Waals surface area contributed by atoms with Gasteiger partial charge < -0.3 is 14.2 Å². The van der Waals surface area contributed by atoms with E-state index in [9.17, 15) is 9.59 Å². The highest BCUT2D eigenvalue weighted by atomic mass is 16.6. The molecule has 0 aliphatic rings. The maximum Gasteiger partial charge on any atom is 0.410 e. The molecule has 0 heterocycles. The van der Waals surface area contributed by atoms with Gasteiger partial charge in [0.2, 0.25) is 6.23 Å². The number of methoxy groups -OCH3 is 1. The second-order valence-electron chi connectivity index (χ2n) is 4.00. The van der Waals surface area contributed by atoms with Crippen LogP contribution < -0.4 is 5.32 Å². The Bertz CT molecular complexity index is 246. The van der Waals surface area contributed by atoms with Crippen molar-refractivity contribution in [2.24, 2.45) is 0 Å². The van der Waals surface area contributed by atoms with Crippen molar-refractivity contribution in [3.05, 3.63) is 0 Å². The van der Waals surface area contributed by atoms with Crippen LogP contribution in [-0.2, 0) is 19.0 Å². The van der Waals surface area contributed by atoms with Crippen LogP contribution in [0.1, 0.15) is 27.7 Å². The normalized spacial score (nSPS) is 12.8. The highest BCUT2D eigenvalue weighted by molar-refractivity contribution is 5.80. The Kier molecular flexibility index (Phi) is 5.81. The summed E-state index contributed by atoms with van der Waals surface area (Å²) in [7, 11) is 1.21. The first kappa shape index (κ1) is 14.7. The number of carbonyl (C=O) groups excluding carboxylic acids is 2. The Morgan fingerprint density at radius 1 is 1.31 bits per heavy atom. The second kappa shape index (κ2) is 6.32. The zero-order chi connectivity index (χ0) is 12.8. The van der Waals surface area contributed by atoms with Gasteiger partial charge in [-0.1, -0.05) is 0 Å². The van der Waals surface area contributed by atoms with Gasteiger partial charge in [-0.15, -0.1) is 0 Å². The molecule has 0 saturated heterocycles. The zero-order valence-electron chi connectivity index (χ0n) is 10.3. The maximum absolute atomic E-state index is 11.3. The molecule has 16 heavy (non-hydrogen) atoms. The number of rotatable bonds is 4. The molecular weight excluding hydrogens is 214 g/mol. The lowest BCUT2D eigenvalue weighted by molar-refractivity contribution is -0.155. The first-order valence-corrected chi connectivity index (χ1v) is 4.99. The molecule has 0 aromatic heterocycles. The summed E-state index contributed by atoms with van der Waals surface area (Å²) in [5.74, 6) is -0.673. The van der Waals surface area contributed by atoms with Crippen molar-refractivity contribution in [3.63, 3.8) is 0 Å². The van der Waals surface area contributed by atoms with Gasteiger partial charge in [-0.3, -0.25) is 5.32 Å². The van der Waals surface area contributed by atoms with Crippen molar-refractivity contribution < 1.29 is 23.8 Å². The number of amides is 1. The van der Waals surface area contributed by atoms with Crippen molar-refractivity contribution in [1.82, 2.24) is 5.32 Å². The third-order valence-corrected chi connectivity index (χ3v) is 1.40. The summed E-state index contributed by atoms with van der Waals surface area (Å²) in [6.07, 6.45) is -1.86. The fourth-order valence-corrected chi connectivity index (χ4v) is 0.857. The SMILES string of the molecule is CCOC(NC(=O)OC(C)(C)C)C(=O)OC. The van der Waals surface area contributed by atoms with E-state index in [4.69, 9.17) is 9.47 Å². The van der Waals surface area contributed by atoms with Crippen LogP contribution in [0.3, 0.4) is 0 Å². The molecule has 0 fully saturated rings. The minimum absolute atomic E-state index is 0.273. The molecule has 0 rings (SSSR count). The van der Waals surface area contributed by atoms with Gasteiger partial charge in [0.1, 0.15) is 5.60 Å². The summed E-state index contributed by atoms with van der Waals surface area (Å²) in [6, 6.07) is 0. The summed E-state index contributed by atoms with van der Waals surface area (Å²) in [5, 5.41) is 2.27. The van der Waals surface area contributed by atoms with E-state index in [2.05, 4.69) is 10.1 Å². The monoisotopic (exact) mass is 233 g/mol. The van der Waals surface area contributed by atoms with Crippen molar-refractivity contribution in [3.8, 4) is 0 Å². The van der Waals surface area contributed by atoms with Gasteiger partial charge in [-0.05, 0) is 27.7 Å².